The van der Waals surface area contributed by atoms with E-state index in [-0.39, 0.29) is 31.0 Å². The summed E-state index contributed by atoms with van der Waals surface area (Å²) in [6.45, 7) is 5.72. The highest BCUT2D eigenvalue weighted by molar-refractivity contribution is 7.59. The molecule has 2 N–H and O–H groups in total. The first-order valence-electron chi connectivity index (χ1n) is 12.8. The van der Waals surface area contributed by atoms with E-state index in [1.54, 1.807) is 41.3 Å². The maximum Gasteiger partial charge on any atom is 0.252 e. The number of aromatic hydroxyl groups is 1. The third kappa shape index (κ3) is 6.43. The molecule has 0 aliphatic carbocycles. The first kappa shape index (κ1) is 28.2. The summed E-state index contributed by atoms with van der Waals surface area (Å²) in [5.74, 6) is 1.35. The highest BCUT2D eigenvalue weighted by Gasteiger charge is 2.31. The number of benzene rings is 3. The number of aromatic nitrogens is 2. The van der Waals surface area contributed by atoms with Gasteiger partial charge in [-0.15, -0.1) is 0 Å². The van der Waals surface area contributed by atoms with Crippen molar-refractivity contribution in [1.82, 2.24) is 14.5 Å². The standard InChI is InChI=1S/C30H31FN4O3.H2S/c1-3-38-26(18-21-6-14-25(36)15-7-21)30(37)34-16-17-35-27(19-34)33-28(22-8-10-23(31)11-9-22)29(35)32-24-12-4-20(2)5-13-24;/h4-15,26,32,36H,3,16-19H2,1-2H3;1H2/t26-;/m0./s1. The SMILES string of the molecule is CCO[C@@H](Cc1ccc(O)cc1)C(=O)N1CCn2c(nc(-c3ccc(F)cc3)c2Nc2ccc(C)cc2)C1.S. The molecular formula is C30H33FN4O3S. The lowest BCUT2D eigenvalue weighted by atomic mass is 10.1. The first-order valence-corrected chi connectivity index (χ1v) is 12.8. The lowest BCUT2D eigenvalue weighted by molar-refractivity contribution is -0.145. The average molecular weight is 549 g/mol. The van der Waals surface area contributed by atoms with Crippen LogP contribution in [-0.4, -0.2) is 44.7 Å². The van der Waals surface area contributed by atoms with Crippen LogP contribution in [0.15, 0.2) is 72.8 Å². The van der Waals surface area contributed by atoms with Crippen LogP contribution in [0, 0.1) is 12.7 Å². The number of rotatable bonds is 8. The molecule has 7 nitrogen and oxygen atoms in total. The molecule has 2 heterocycles. The Labute approximate surface area is 234 Å². The number of aryl methyl sites for hydroxylation is 1. The minimum Gasteiger partial charge on any atom is -0.508 e. The van der Waals surface area contributed by atoms with Crippen LogP contribution < -0.4 is 5.32 Å². The molecule has 3 aromatic carbocycles. The number of ether oxygens (including phenoxy) is 1. The van der Waals surface area contributed by atoms with Crippen molar-refractivity contribution in [3.8, 4) is 17.0 Å². The zero-order valence-corrected chi connectivity index (χ0v) is 23.0. The minimum absolute atomic E-state index is 0. The normalized spacial score (nSPS) is 13.4. The molecule has 0 fully saturated rings. The van der Waals surface area contributed by atoms with Crippen LogP contribution in [0.4, 0.5) is 15.9 Å². The van der Waals surface area contributed by atoms with E-state index in [0.29, 0.717) is 38.4 Å². The second-order valence-corrected chi connectivity index (χ2v) is 9.45. The summed E-state index contributed by atoms with van der Waals surface area (Å²) in [7, 11) is 0. The number of carbonyl (C=O) groups is 1. The van der Waals surface area contributed by atoms with Gasteiger partial charge in [-0.3, -0.25) is 4.79 Å². The second-order valence-electron chi connectivity index (χ2n) is 9.45. The van der Waals surface area contributed by atoms with Crippen molar-refractivity contribution in [3.05, 3.63) is 95.6 Å². The number of hydrogen-bond donors (Lipinski definition) is 2. The van der Waals surface area contributed by atoms with E-state index in [1.807, 2.05) is 38.1 Å². The number of phenols is 1. The number of carbonyl (C=O) groups excluding carboxylic acids is 1. The number of fused-ring (bicyclic) bond motifs is 1. The number of anilines is 2. The number of nitrogens with zero attached hydrogens (tertiary/aromatic N) is 3. The van der Waals surface area contributed by atoms with Gasteiger partial charge in [-0.05, 0) is 67.9 Å². The van der Waals surface area contributed by atoms with Crippen molar-refractivity contribution < 1.29 is 19.0 Å². The van der Waals surface area contributed by atoms with Crippen molar-refractivity contribution in [2.45, 2.75) is 39.5 Å². The molecule has 5 rings (SSSR count). The molecule has 0 radical (unpaired) electrons. The van der Waals surface area contributed by atoms with Gasteiger partial charge in [0.2, 0.25) is 0 Å². The topological polar surface area (TPSA) is 79.6 Å². The molecule has 0 saturated carbocycles. The summed E-state index contributed by atoms with van der Waals surface area (Å²) >= 11 is 0. The highest BCUT2D eigenvalue weighted by Crippen LogP contribution is 2.33. The van der Waals surface area contributed by atoms with E-state index in [0.717, 1.165) is 34.0 Å². The van der Waals surface area contributed by atoms with Crippen molar-refractivity contribution in [3.63, 3.8) is 0 Å². The smallest absolute Gasteiger partial charge is 0.252 e. The zero-order valence-electron chi connectivity index (χ0n) is 22.0. The van der Waals surface area contributed by atoms with Crippen LogP contribution in [0.1, 0.15) is 23.9 Å². The predicted molar refractivity (Wildman–Crippen MR) is 155 cm³/mol. The molecule has 4 aromatic rings. The van der Waals surface area contributed by atoms with E-state index in [9.17, 15) is 14.3 Å². The van der Waals surface area contributed by atoms with Gasteiger partial charge in [0.25, 0.3) is 5.91 Å². The van der Waals surface area contributed by atoms with Gasteiger partial charge in [-0.2, -0.15) is 13.5 Å². The molecule has 1 aliphatic heterocycles. The van der Waals surface area contributed by atoms with Crippen LogP contribution in [0.3, 0.4) is 0 Å². The minimum atomic E-state index is -0.632. The lowest BCUT2D eigenvalue weighted by Crippen LogP contribution is -2.45. The Morgan fingerprint density at radius 1 is 1.05 bits per heavy atom. The van der Waals surface area contributed by atoms with E-state index in [1.165, 1.54) is 12.1 Å². The quantitative estimate of drug-likeness (QED) is 0.302. The number of hydrogen-bond acceptors (Lipinski definition) is 5. The Morgan fingerprint density at radius 2 is 1.74 bits per heavy atom. The van der Waals surface area contributed by atoms with E-state index < -0.39 is 6.10 Å². The molecule has 204 valence electrons. The van der Waals surface area contributed by atoms with E-state index in [2.05, 4.69) is 9.88 Å². The van der Waals surface area contributed by atoms with Crippen LogP contribution in [0.5, 0.6) is 5.75 Å². The molecule has 1 atom stereocenters. The Morgan fingerprint density at radius 3 is 2.41 bits per heavy atom. The number of phenolic OH excluding ortho intramolecular Hbond substituents is 1. The Balaban J connectivity index is 0.00000353. The van der Waals surface area contributed by atoms with Gasteiger partial charge in [0.15, 0.2) is 0 Å². The average Bonchev–Trinajstić information content (AvgIpc) is 3.28. The third-order valence-electron chi connectivity index (χ3n) is 6.72. The molecule has 1 aliphatic rings. The van der Waals surface area contributed by atoms with Crippen molar-refractivity contribution in [2.75, 3.05) is 18.5 Å². The third-order valence-corrected chi connectivity index (χ3v) is 6.72. The second kappa shape index (κ2) is 12.4. The van der Waals surface area contributed by atoms with Crippen molar-refractivity contribution in [1.29, 1.82) is 0 Å². The summed E-state index contributed by atoms with van der Waals surface area (Å²) in [4.78, 5) is 20.2. The summed E-state index contributed by atoms with van der Waals surface area (Å²) < 4.78 is 21.6. The highest BCUT2D eigenvalue weighted by atomic mass is 32.1. The van der Waals surface area contributed by atoms with Gasteiger partial charge in [0.05, 0.1) is 6.54 Å². The number of halogens is 1. The van der Waals surface area contributed by atoms with E-state index >= 15 is 0 Å². The van der Waals surface area contributed by atoms with Crippen molar-refractivity contribution in [2.24, 2.45) is 0 Å². The van der Waals surface area contributed by atoms with Crippen LogP contribution in [0.2, 0.25) is 0 Å². The summed E-state index contributed by atoms with van der Waals surface area (Å²) in [6.07, 6.45) is -0.216. The number of nitrogens with one attached hydrogen (secondary N) is 1. The molecule has 1 amide bonds. The van der Waals surface area contributed by atoms with E-state index in [4.69, 9.17) is 9.72 Å². The predicted octanol–water partition coefficient (Wildman–Crippen LogP) is 5.55. The zero-order chi connectivity index (χ0) is 26.6. The first-order chi connectivity index (χ1) is 18.4. The lowest BCUT2D eigenvalue weighted by Gasteiger charge is -2.31. The van der Waals surface area contributed by atoms with Gasteiger partial charge in [-0.1, -0.05) is 29.8 Å². The van der Waals surface area contributed by atoms with Gasteiger partial charge in [0.1, 0.15) is 35.0 Å². The van der Waals surface area contributed by atoms with Gasteiger partial charge < -0.3 is 24.6 Å². The Bertz CT molecular complexity index is 1410. The molecule has 0 spiro atoms. The fourth-order valence-electron chi connectivity index (χ4n) is 4.70. The molecular weight excluding hydrogens is 515 g/mol. The van der Waals surface area contributed by atoms with Crippen LogP contribution in [-0.2, 0) is 29.0 Å². The number of imidazole rings is 1. The maximum absolute atomic E-state index is 13.7. The van der Waals surface area contributed by atoms with Gasteiger partial charge in [0, 0.05) is 37.4 Å². The number of amides is 1. The molecule has 0 saturated heterocycles. The molecule has 0 bridgehead atoms. The molecule has 9 heteroatoms. The van der Waals surface area contributed by atoms with Gasteiger partial charge in [-0.25, -0.2) is 9.37 Å². The summed E-state index contributed by atoms with van der Waals surface area (Å²) in [5.41, 5.74) is 4.50. The van der Waals surface area contributed by atoms with Crippen LogP contribution >= 0.6 is 13.5 Å². The Hall–Kier alpha value is -3.82. The fraction of sp³-hybridized carbons (Fsp3) is 0.267. The summed E-state index contributed by atoms with van der Waals surface area (Å²) in [6, 6.07) is 21.2. The van der Waals surface area contributed by atoms with Gasteiger partial charge >= 0.3 is 0 Å². The van der Waals surface area contributed by atoms with Crippen molar-refractivity contribution >= 4 is 30.9 Å². The molecule has 0 unspecified atom stereocenters. The fourth-order valence-corrected chi connectivity index (χ4v) is 4.70. The molecule has 39 heavy (non-hydrogen) atoms. The summed E-state index contributed by atoms with van der Waals surface area (Å²) in [5, 5.41) is 13.1. The largest absolute Gasteiger partial charge is 0.508 e. The Kier molecular flexibility index (Phi) is 8.93. The molecule has 1 aromatic heterocycles. The monoisotopic (exact) mass is 548 g/mol. The maximum atomic E-state index is 13.7. The van der Waals surface area contributed by atoms with Crippen LogP contribution in [0.25, 0.3) is 11.3 Å².